The zero-order valence-corrected chi connectivity index (χ0v) is 16.5. The smallest absolute Gasteiger partial charge is 0.294 e. The van der Waals surface area contributed by atoms with E-state index in [1.807, 2.05) is 0 Å². The highest BCUT2D eigenvalue weighted by Gasteiger charge is 2.33. The molecule has 0 saturated carbocycles. The third-order valence-electron chi connectivity index (χ3n) is 3.83. The largest absolute Gasteiger partial charge is 0.493 e. The van der Waals surface area contributed by atoms with Crippen molar-refractivity contribution in [3.8, 4) is 11.5 Å². The molecule has 1 fully saturated rings. The van der Waals surface area contributed by atoms with Gasteiger partial charge in [-0.1, -0.05) is 30.0 Å². The van der Waals surface area contributed by atoms with Crippen molar-refractivity contribution in [3.63, 3.8) is 0 Å². The Bertz CT molecular complexity index is 993. The molecule has 2 aromatic carbocycles. The molecular formula is C18H15N3O5S2. The molecule has 8 nitrogen and oxygen atoms in total. The van der Waals surface area contributed by atoms with E-state index in [1.54, 1.807) is 36.4 Å². The minimum Gasteiger partial charge on any atom is -0.493 e. The maximum Gasteiger partial charge on any atom is 0.294 e. The summed E-state index contributed by atoms with van der Waals surface area (Å²) in [5.74, 6) is 0.706. The fourth-order valence-electron chi connectivity index (χ4n) is 2.51. The van der Waals surface area contributed by atoms with E-state index in [1.165, 1.54) is 26.4 Å². The first kappa shape index (κ1) is 19.6. The van der Waals surface area contributed by atoms with Crippen LogP contribution < -0.4 is 14.9 Å². The van der Waals surface area contributed by atoms with Crippen LogP contribution in [0, 0.1) is 10.1 Å². The van der Waals surface area contributed by atoms with Gasteiger partial charge < -0.3 is 9.47 Å². The average molecular weight is 417 g/mol. The molecule has 10 heteroatoms. The monoisotopic (exact) mass is 417 g/mol. The minimum atomic E-state index is -0.528. The summed E-state index contributed by atoms with van der Waals surface area (Å²) in [5.41, 5.74) is 3.49. The zero-order valence-electron chi connectivity index (χ0n) is 14.9. The van der Waals surface area contributed by atoms with Gasteiger partial charge in [-0.05, 0) is 42.1 Å². The summed E-state index contributed by atoms with van der Waals surface area (Å²) in [6, 6.07) is 11.3. The second kappa shape index (κ2) is 8.28. The van der Waals surface area contributed by atoms with Crippen molar-refractivity contribution in [2.24, 2.45) is 0 Å². The Hall–Kier alpha value is -3.11. The van der Waals surface area contributed by atoms with Crippen LogP contribution in [0.5, 0.6) is 11.5 Å². The number of nitro benzene ring substituents is 1. The Kier molecular flexibility index (Phi) is 5.81. The number of methoxy groups -OCH3 is 2. The normalized spacial score (nSPS) is 15.1. The number of nitro groups is 1. The molecule has 0 spiro atoms. The molecule has 144 valence electrons. The molecule has 1 aliphatic rings. The molecule has 0 aliphatic carbocycles. The molecule has 1 heterocycles. The number of hydrogen-bond donors (Lipinski definition) is 1. The van der Waals surface area contributed by atoms with E-state index < -0.39 is 10.8 Å². The number of para-hydroxylation sites is 2. The van der Waals surface area contributed by atoms with E-state index in [2.05, 4.69) is 5.43 Å². The maximum atomic E-state index is 12.7. The number of carbonyl (C=O) groups is 1. The SMILES string of the molecule is COc1ccc(/C=C2/SC(=S)N(Nc3ccccc3[N+](=O)[O-])C2=O)cc1OC. The first-order chi connectivity index (χ1) is 13.4. The van der Waals surface area contributed by atoms with Crippen LogP contribution in [0.15, 0.2) is 47.4 Å². The summed E-state index contributed by atoms with van der Waals surface area (Å²) in [7, 11) is 3.06. The van der Waals surface area contributed by atoms with Crippen LogP contribution in [-0.2, 0) is 4.79 Å². The Morgan fingerprint density at radius 1 is 1.18 bits per heavy atom. The lowest BCUT2D eigenvalue weighted by Gasteiger charge is -2.16. The van der Waals surface area contributed by atoms with Gasteiger partial charge in [-0.2, -0.15) is 0 Å². The quantitative estimate of drug-likeness (QED) is 0.328. The van der Waals surface area contributed by atoms with Crippen molar-refractivity contribution in [2.45, 2.75) is 0 Å². The van der Waals surface area contributed by atoms with Crippen molar-refractivity contribution in [3.05, 3.63) is 63.0 Å². The molecule has 0 bridgehead atoms. The Morgan fingerprint density at radius 2 is 1.89 bits per heavy atom. The van der Waals surface area contributed by atoms with Gasteiger partial charge in [-0.25, -0.2) is 5.01 Å². The number of nitrogens with zero attached hydrogens (tertiary/aromatic N) is 2. The predicted octanol–water partition coefficient (Wildman–Crippen LogP) is 3.84. The van der Waals surface area contributed by atoms with Gasteiger partial charge in [-0.15, -0.1) is 0 Å². The lowest BCUT2D eigenvalue weighted by Crippen LogP contribution is -2.34. The molecule has 1 aliphatic heterocycles. The van der Waals surface area contributed by atoms with E-state index >= 15 is 0 Å². The molecule has 0 unspecified atom stereocenters. The first-order valence-electron chi connectivity index (χ1n) is 7.94. The van der Waals surface area contributed by atoms with E-state index in [0.29, 0.717) is 16.4 Å². The van der Waals surface area contributed by atoms with E-state index in [4.69, 9.17) is 21.7 Å². The number of ether oxygens (including phenoxy) is 2. The van der Waals surface area contributed by atoms with Gasteiger partial charge in [0.15, 0.2) is 15.8 Å². The van der Waals surface area contributed by atoms with Crippen LogP contribution in [-0.4, -0.2) is 34.4 Å². The highest BCUT2D eigenvalue weighted by Crippen LogP contribution is 2.35. The number of benzene rings is 2. The lowest BCUT2D eigenvalue weighted by atomic mass is 10.2. The van der Waals surface area contributed by atoms with Gasteiger partial charge in [0, 0.05) is 6.07 Å². The third-order valence-corrected chi connectivity index (χ3v) is 5.13. The van der Waals surface area contributed by atoms with Crippen molar-refractivity contribution < 1.29 is 19.2 Å². The average Bonchev–Trinajstić information content (AvgIpc) is 2.95. The van der Waals surface area contributed by atoms with Gasteiger partial charge in [0.1, 0.15) is 5.69 Å². The van der Waals surface area contributed by atoms with Crippen molar-refractivity contribution in [2.75, 3.05) is 19.6 Å². The van der Waals surface area contributed by atoms with Crippen molar-refractivity contribution in [1.29, 1.82) is 0 Å². The van der Waals surface area contributed by atoms with Gasteiger partial charge >= 0.3 is 0 Å². The number of carbonyl (C=O) groups excluding carboxylic acids is 1. The summed E-state index contributed by atoms with van der Waals surface area (Å²) >= 11 is 6.36. The molecule has 3 rings (SSSR count). The number of nitrogens with one attached hydrogen (secondary N) is 1. The highest BCUT2D eigenvalue weighted by atomic mass is 32.2. The summed E-state index contributed by atoms with van der Waals surface area (Å²) in [5, 5.41) is 12.3. The van der Waals surface area contributed by atoms with Gasteiger partial charge in [0.05, 0.1) is 24.0 Å². The van der Waals surface area contributed by atoms with Crippen LogP contribution in [0.1, 0.15) is 5.56 Å². The molecule has 1 saturated heterocycles. The Balaban J connectivity index is 1.86. The molecule has 1 amide bonds. The number of thioether (sulfide) groups is 1. The molecule has 2 aromatic rings. The maximum absolute atomic E-state index is 12.7. The molecule has 0 atom stereocenters. The van der Waals surface area contributed by atoms with Gasteiger partial charge in [0.25, 0.3) is 11.6 Å². The summed E-state index contributed by atoms with van der Waals surface area (Å²) in [4.78, 5) is 23.8. The summed E-state index contributed by atoms with van der Waals surface area (Å²) < 4.78 is 10.7. The van der Waals surface area contributed by atoms with Gasteiger partial charge in [0.2, 0.25) is 0 Å². The molecule has 0 radical (unpaired) electrons. The fourth-order valence-corrected chi connectivity index (χ4v) is 3.69. The van der Waals surface area contributed by atoms with Crippen molar-refractivity contribution >= 4 is 51.7 Å². The Labute approximate surface area is 170 Å². The molecule has 28 heavy (non-hydrogen) atoms. The molecule has 1 N–H and O–H groups in total. The number of hydrazine groups is 1. The summed E-state index contributed by atoms with van der Waals surface area (Å²) in [6.07, 6.45) is 1.67. The van der Waals surface area contributed by atoms with Crippen LogP contribution >= 0.6 is 24.0 Å². The second-order valence-electron chi connectivity index (χ2n) is 5.52. The van der Waals surface area contributed by atoms with Crippen LogP contribution in [0.2, 0.25) is 0 Å². The topological polar surface area (TPSA) is 93.9 Å². The van der Waals surface area contributed by atoms with E-state index in [0.717, 1.165) is 22.3 Å². The number of rotatable bonds is 6. The molecular weight excluding hydrogens is 402 g/mol. The van der Waals surface area contributed by atoms with Crippen LogP contribution in [0.3, 0.4) is 0 Å². The minimum absolute atomic E-state index is 0.152. The van der Waals surface area contributed by atoms with Crippen LogP contribution in [0.4, 0.5) is 11.4 Å². The van der Waals surface area contributed by atoms with Gasteiger partial charge in [-0.3, -0.25) is 20.3 Å². The highest BCUT2D eigenvalue weighted by molar-refractivity contribution is 8.26. The lowest BCUT2D eigenvalue weighted by molar-refractivity contribution is -0.384. The van der Waals surface area contributed by atoms with E-state index in [-0.39, 0.29) is 15.7 Å². The zero-order chi connectivity index (χ0) is 20.3. The predicted molar refractivity (Wildman–Crippen MR) is 111 cm³/mol. The Morgan fingerprint density at radius 3 is 2.57 bits per heavy atom. The summed E-state index contributed by atoms with van der Waals surface area (Å²) in [6.45, 7) is 0. The number of anilines is 1. The number of amides is 1. The second-order valence-corrected chi connectivity index (χ2v) is 7.19. The van der Waals surface area contributed by atoms with Crippen LogP contribution in [0.25, 0.3) is 6.08 Å². The molecule has 0 aromatic heterocycles. The first-order valence-corrected chi connectivity index (χ1v) is 9.17. The van der Waals surface area contributed by atoms with E-state index in [9.17, 15) is 14.9 Å². The third kappa shape index (κ3) is 3.92. The van der Waals surface area contributed by atoms with Crippen molar-refractivity contribution in [1.82, 2.24) is 5.01 Å². The number of thiocarbonyl (C=S) groups is 1. The fraction of sp³-hybridized carbons (Fsp3) is 0.111. The number of hydrogen-bond acceptors (Lipinski definition) is 8. The standard InChI is InChI=1S/C18H15N3O5S2/c1-25-14-8-7-11(9-15(14)26-2)10-16-17(22)20(18(27)28-16)19-12-5-3-4-6-13(12)21(23)24/h3-10,19H,1-2H3/b16-10+.